The summed E-state index contributed by atoms with van der Waals surface area (Å²) < 4.78 is 0. The summed E-state index contributed by atoms with van der Waals surface area (Å²) in [6.07, 6.45) is 5.24. The van der Waals surface area contributed by atoms with Crippen LogP contribution >= 0.6 is 0 Å². The fraction of sp³-hybridized carbons (Fsp3) is 0. The van der Waals surface area contributed by atoms with Crippen molar-refractivity contribution in [2.75, 3.05) is 0 Å². The molecule has 0 unspecified atom stereocenters. The molecule has 2 aromatic carbocycles. The molecule has 2 heterocycles. The van der Waals surface area contributed by atoms with Crippen molar-refractivity contribution >= 4 is 28.5 Å². The third-order valence-corrected chi connectivity index (χ3v) is 3.44. The number of hydrazone groups is 1. The summed E-state index contributed by atoms with van der Waals surface area (Å²) in [7, 11) is 0. The minimum absolute atomic E-state index is 0.780. The van der Waals surface area contributed by atoms with Gasteiger partial charge in [-0.3, -0.25) is 10.4 Å². The Bertz CT molecular complexity index is 861. The molecular weight excluding hydrogens is 260 g/mol. The maximum Gasteiger partial charge on any atom is 0.154 e. The van der Waals surface area contributed by atoms with Gasteiger partial charge < -0.3 is 0 Å². The average molecular weight is 272 g/mol. The second-order valence-corrected chi connectivity index (χ2v) is 4.80. The number of aromatic nitrogens is 1. The van der Waals surface area contributed by atoms with Crippen LogP contribution in [0.2, 0.25) is 0 Å². The van der Waals surface area contributed by atoms with E-state index in [-0.39, 0.29) is 0 Å². The lowest BCUT2D eigenvalue weighted by molar-refractivity contribution is 1.04. The summed E-state index contributed by atoms with van der Waals surface area (Å²) in [6, 6.07) is 16.2. The highest BCUT2D eigenvalue weighted by Crippen LogP contribution is 2.34. The Labute approximate surface area is 121 Å². The molecule has 0 bridgehead atoms. The van der Waals surface area contributed by atoms with Crippen LogP contribution in [0, 0.1) is 0 Å². The van der Waals surface area contributed by atoms with E-state index >= 15 is 0 Å². The topological polar surface area (TPSA) is 49.6 Å². The molecule has 1 aromatic heterocycles. The predicted molar refractivity (Wildman–Crippen MR) is 85.1 cm³/mol. The van der Waals surface area contributed by atoms with Gasteiger partial charge in [-0.15, -0.1) is 0 Å². The van der Waals surface area contributed by atoms with Gasteiger partial charge in [0, 0.05) is 28.9 Å². The summed E-state index contributed by atoms with van der Waals surface area (Å²) >= 11 is 0. The second-order valence-electron chi connectivity index (χ2n) is 4.80. The predicted octanol–water partition coefficient (Wildman–Crippen LogP) is 3.25. The fourth-order valence-electron chi connectivity index (χ4n) is 2.50. The molecule has 1 aliphatic heterocycles. The van der Waals surface area contributed by atoms with E-state index in [1.807, 2.05) is 30.3 Å². The number of nitrogens with one attached hydrogen (secondary N) is 1. The molecule has 0 saturated heterocycles. The number of hydrogen-bond acceptors (Lipinski definition) is 4. The maximum atomic E-state index is 4.60. The molecule has 0 amide bonds. The number of aliphatic imine (C=N–C) groups is 1. The smallest absolute Gasteiger partial charge is 0.154 e. The quantitative estimate of drug-likeness (QED) is 0.575. The van der Waals surface area contributed by atoms with Gasteiger partial charge in [0.25, 0.3) is 0 Å². The van der Waals surface area contributed by atoms with Gasteiger partial charge in [-0.25, -0.2) is 4.99 Å². The van der Waals surface area contributed by atoms with Gasteiger partial charge in [-0.1, -0.05) is 36.4 Å². The van der Waals surface area contributed by atoms with Crippen molar-refractivity contribution in [1.82, 2.24) is 10.4 Å². The van der Waals surface area contributed by atoms with Crippen LogP contribution < -0.4 is 5.43 Å². The molecule has 1 N–H and O–H groups in total. The van der Waals surface area contributed by atoms with Crippen molar-refractivity contribution in [3.8, 4) is 0 Å². The third kappa shape index (κ3) is 2.07. The molecule has 100 valence electrons. The van der Waals surface area contributed by atoms with E-state index in [1.165, 1.54) is 10.8 Å². The van der Waals surface area contributed by atoms with E-state index in [0.29, 0.717) is 0 Å². The highest BCUT2D eigenvalue weighted by atomic mass is 15.3. The highest BCUT2D eigenvalue weighted by Gasteiger charge is 2.17. The van der Waals surface area contributed by atoms with Gasteiger partial charge in [0.15, 0.2) is 5.84 Å². The van der Waals surface area contributed by atoms with Crippen LogP contribution in [-0.2, 0) is 0 Å². The SMILES string of the molecule is C(=N\NC1=Nc2cccc3cccc1c23)/c1cccnc1. The molecule has 0 saturated carbocycles. The number of benzene rings is 2. The average Bonchev–Trinajstić information content (AvgIpc) is 2.89. The second kappa shape index (κ2) is 4.83. The van der Waals surface area contributed by atoms with Crippen LogP contribution in [0.4, 0.5) is 5.69 Å². The van der Waals surface area contributed by atoms with E-state index in [0.717, 1.165) is 22.6 Å². The van der Waals surface area contributed by atoms with Crippen molar-refractivity contribution in [1.29, 1.82) is 0 Å². The normalized spacial score (nSPS) is 12.9. The van der Waals surface area contributed by atoms with Crippen LogP contribution in [-0.4, -0.2) is 17.0 Å². The molecule has 0 atom stereocenters. The van der Waals surface area contributed by atoms with Crippen molar-refractivity contribution < 1.29 is 0 Å². The first kappa shape index (κ1) is 11.8. The molecule has 3 aromatic rings. The van der Waals surface area contributed by atoms with Gasteiger partial charge >= 0.3 is 0 Å². The molecule has 4 heteroatoms. The molecule has 0 fully saturated rings. The Hall–Kier alpha value is -3.01. The minimum atomic E-state index is 0.780. The van der Waals surface area contributed by atoms with Crippen LogP contribution in [0.5, 0.6) is 0 Å². The van der Waals surface area contributed by atoms with Crippen LogP contribution in [0.25, 0.3) is 10.8 Å². The summed E-state index contributed by atoms with van der Waals surface area (Å²) in [6.45, 7) is 0. The standard InChI is InChI=1S/C17H12N4/c1-5-13-6-2-8-15-16(13)14(7-1)17(20-15)21-19-11-12-4-3-9-18-10-12/h1-11H,(H,20,21)/b19-11+. The van der Waals surface area contributed by atoms with Crippen LogP contribution in [0.3, 0.4) is 0 Å². The van der Waals surface area contributed by atoms with Gasteiger partial charge in [0.1, 0.15) is 0 Å². The van der Waals surface area contributed by atoms with Gasteiger partial charge in [0.05, 0.1) is 11.9 Å². The Kier molecular flexibility index (Phi) is 2.71. The third-order valence-electron chi connectivity index (χ3n) is 3.44. The first-order chi connectivity index (χ1) is 10.4. The molecule has 0 radical (unpaired) electrons. The molecule has 4 nitrogen and oxygen atoms in total. The molecule has 4 rings (SSSR count). The van der Waals surface area contributed by atoms with E-state index in [1.54, 1.807) is 18.6 Å². The van der Waals surface area contributed by atoms with E-state index in [4.69, 9.17) is 0 Å². The zero-order chi connectivity index (χ0) is 14.1. The number of rotatable bonds is 2. The number of amidine groups is 1. The van der Waals surface area contributed by atoms with Crippen LogP contribution in [0.15, 0.2) is 71.0 Å². The minimum Gasteiger partial charge on any atom is -0.264 e. The molecular formula is C17H12N4. The first-order valence-electron chi connectivity index (χ1n) is 6.72. The molecule has 21 heavy (non-hydrogen) atoms. The number of hydrogen-bond donors (Lipinski definition) is 1. The summed E-state index contributed by atoms with van der Waals surface area (Å²) in [5, 5.41) is 6.62. The Morgan fingerprint density at radius 1 is 1.00 bits per heavy atom. The first-order valence-corrected chi connectivity index (χ1v) is 6.72. The van der Waals surface area contributed by atoms with Crippen molar-refractivity contribution in [2.24, 2.45) is 10.1 Å². The Morgan fingerprint density at radius 3 is 2.76 bits per heavy atom. The monoisotopic (exact) mass is 272 g/mol. The van der Waals surface area contributed by atoms with E-state index in [9.17, 15) is 0 Å². The van der Waals surface area contributed by atoms with Gasteiger partial charge in [-0.05, 0) is 17.5 Å². The van der Waals surface area contributed by atoms with Crippen LogP contribution in [0.1, 0.15) is 11.1 Å². The molecule has 0 spiro atoms. The Morgan fingerprint density at radius 2 is 1.90 bits per heavy atom. The van der Waals surface area contributed by atoms with Crippen molar-refractivity contribution in [2.45, 2.75) is 0 Å². The number of nitrogens with zero attached hydrogens (tertiary/aromatic N) is 3. The van der Waals surface area contributed by atoms with E-state index in [2.05, 4.69) is 38.7 Å². The van der Waals surface area contributed by atoms with Crippen molar-refractivity contribution in [3.63, 3.8) is 0 Å². The summed E-state index contributed by atoms with van der Waals surface area (Å²) in [5.41, 5.74) is 6.05. The Balaban J connectivity index is 1.64. The van der Waals surface area contributed by atoms with E-state index < -0.39 is 0 Å². The summed E-state index contributed by atoms with van der Waals surface area (Å²) in [4.78, 5) is 8.65. The lowest BCUT2D eigenvalue weighted by atomic mass is 10.0. The zero-order valence-corrected chi connectivity index (χ0v) is 11.2. The lowest BCUT2D eigenvalue weighted by Gasteiger charge is -2.02. The highest BCUT2D eigenvalue weighted by molar-refractivity contribution is 6.18. The lowest BCUT2D eigenvalue weighted by Crippen LogP contribution is -2.17. The largest absolute Gasteiger partial charge is 0.264 e. The zero-order valence-electron chi connectivity index (χ0n) is 11.2. The van der Waals surface area contributed by atoms with Gasteiger partial charge in [0.2, 0.25) is 0 Å². The van der Waals surface area contributed by atoms with Gasteiger partial charge in [-0.2, -0.15) is 5.10 Å². The molecule has 1 aliphatic rings. The summed E-state index contributed by atoms with van der Waals surface area (Å²) in [5.74, 6) is 0.780. The molecule has 0 aliphatic carbocycles. The maximum absolute atomic E-state index is 4.60. The van der Waals surface area contributed by atoms with Crippen molar-refractivity contribution in [3.05, 3.63) is 72.1 Å². The fourth-order valence-corrected chi connectivity index (χ4v) is 2.50. The number of pyridine rings is 1.